The molecule has 1 fully saturated rings. The standard InChI is InChI=1S/C9H18O4/c1-9(2,3)7-6(11)5(4-10)8(12)13-7/h5-8,10-12H,4H2,1-3H3/t5-,6-,7?,8-/m0/s1. The molecule has 4 nitrogen and oxygen atoms in total. The molecule has 1 aliphatic heterocycles. The van der Waals surface area contributed by atoms with Gasteiger partial charge in [0.1, 0.15) is 0 Å². The van der Waals surface area contributed by atoms with Gasteiger partial charge < -0.3 is 20.1 Å². The van der Waals surface area contributed by atoms with E-state index < -0.39 is 24.4 Å². The van der Waals surface area contributed by atoms with Crippen molar-refractivity contribution in [2.75, 3.05) is 6.61 Å². The summed E-state index contributed by atoms with van der Waals surface area (Å²) in [4.78, 5) is 0. The lowest BCUT2D eigenvalue weighted by Crippen LogP contribution is -2.37. The minimum absolute atomic E-state index is 0.232. The van der Waals surface area contributed by atoms with E-state index in [1.807, 2.05) is 20.8 Å². The quantitative estimate of drug-likeness (QED) is 0.532. The molecule has 0 aromatic heterocycles. The van der Waals surface area contributed by atoms with Crippen molar-refractivity contribution in [3.63, 3.8) is 0 Å². The molecule has 78 valence electrons. The summed E-state index contributed by atoms with van der Waals surface area (Å²) in [7, 11) is 0. The van der Waals surface area contributed by atoms with Gasteiger partial charge in [-0.05, 0) is 5.41 Å². The van der Waals surface area contributed by atoms with Gasteiger partial charge in [0.2, 0.25) is 0 Å². The Morgan fingerprint density at radius 2 is 1.77 bits per heavy atom. The van der Waals surface area contributed by atoms with Crippen LogP contribution >= 0.6 is 0 Å². The van der Waals surface area contributed by atoms with Crippen LogP contribution in [0.5, 0.6) is 0 Å². The molecule has 13 heavy (non-hydrogen) atoms. The lowest BCUT2D eigenvalue weighted by atomic mass is 9.83. The van der Waals surface area contributed by atoms with Crippen LogP contribution < -0.4 is 0 Å². The van der Waals surface area contributed by atoms with Gasteiger partial charge in [0.15, 0.2) is 6.29 Å². The molecule has 0 bridgehead atoms. The second kappa shape index (κ2) is 3.53. The molecule has 0 saturated carbocycles. The second-order valence-corrected chi connectivity index (χ2v) is 4.65. The molecule has 0 amide bonds. The van der Waals surface area contributed by atoms with Gasteiger partial charge in [0, 0.05) is 0 Å². The maximum absolute atomic E-state index is 9.71. The van der Waals surface area contributed by atoms with Crippen molar-refractivity contribution in [1.82, 2.24) is 0 Å². The number of hydrogen-bond acceptors (Lipinski definition) is 4. The Hall–Kier alpha value is -0.160. The van der Waals surface area contributed by atoms with E-state index in [9.17, 15) is 10.2 Å². The third-order valence-electron chi connectivity index (χ3n) is 2.47. The topological polar surface area (TPSA) is 69.9 Å². The lowest BCUT2D eigenvalue weighted by Gasteiger charge is -2.28. The minimum Gasteiger partial charge on any atom is -0.396 e. The molecule has 1 saturated heterocycles. The normalized spacial score (nSPS) is 41.1. The summed E-state index contributed by atoms with van der Waals surface area (Å²) in [5, 5.41) is 28.0. The first-order chi connectivity index (χ1) is 5.88. The maximum Gasteiger partial charge on any atom is 0.162 e. The summed E-state index contributed by atoms with van der Waals surface area (Å²) in [6, 6.07) is 0. The van der Waals surface area contributed by atoms with E-state index in [-0.39, 0.29) is 12.0 Å². The summed E-state index contributed by atoms with van der Waals surface area (Å²) in [5.41, 5.74) is -0.232. The van der Waals surface area contributed by atoms with Gasteiger partial charge in [-0.25, -0.2) is 0 Å². The maximum atomic E-state index is 9.71. The van der Waals surface area contributed by atoms with Gasteiger partial charge in [0.05, 0.1) is 24.7 Å². The molecule has 3 N–H and O–H groups in total. The van der Waals surface area contributed by atoms with E-state index in [0.717, 1.165) is 0 Å². The third kappa shape index (κ3) is 2.02. The van der Waals surface area contributed by atoms with Gasteiger partial charge in [-0.3, -0.25) is 0 Å². The van der Waals surface area contributed by atoms with Crippen LogP contribution in [0.1, 0.15) is 20.8 Å². The van der Waals surface area contributed by atoms with Crippen LogP contribution in [0.4, 0.5) is 0 Å². The summed E-state index contributed by atoms with van der Waals surface area (Å²) < 4.78 is 5.19. The summed E-state index contributed by atoms with van der Waals surface area (Å²) in [5.74, 6) is -0.579. The molecule has 0 spiro atoms. The Morgan fingerprint density at radius 3 is 2.00 bits per heavy atom. The van der Waals surface area contributed by atoms with Crippen molar-refractivity contribution in [1.29, 1.82) is 0 Å². The predicted molar refractivity (Wildman–Crippen MR) is 46.9 cm³/mol. The molecule has 0 radical (unpaired) electrons. The molecule has 1 aliphatic rings. The van der Waals surface area contributed by atoms with Crippen LogP contribution in [0.3, 0.4) is 0 Å². The first kappa shape index (κ1) is 10.9. The average molecular weight is 190 g/mol. The molecular formula is C9H18O4. The van der Waals surface area contributed by atoms with E-state index in [4.69, 9.17) is 9.84 Å². The number of aliphatic hydroxyl groups is 3. The van der Waals surface area contributed by atoms with Crippen LogP contribution in [0.2, 0.25) is 0 Å². The molecule has 1 rings (SSSR count). The van der Waals surface area contributed by atoms with Gasteiger partial charge >= 0.3 is 0 Å². The molecule has 0 aromatic rings. The van der Waals surface area contributed by atoms with E-state index in [1.165, 1.54) is 0 Å². The van der Waals surface area contributed by atoms with Gasteiger partial charge in [-0.2, -0.15) is 0 Å². The lowest BCUT2D eigenvalue weighted by molar-refractivity contribution is -0.136. The summed E-state index contributed by atoms with van der Waals surface area (Å²) >= 11 is 0. The largest absolute Gasteiger partial charge is 0.396 e. The van der Waals surface area contributed by atoms with E-state index >= 15 is 0 Å². The van der Waals surface area contributed by atoms with E-state index in [0.29, 0.717) is 0 Å². The molecule has 0 aromatic carbocycles. The van der Waals surface area contributed by atoms with Crippen LogP contribution in [0, 0.1) is 11.3 Å². The van der Waals surface area contributed by atoms with Crippen molar-refractivity contribution < 1.29 is 20.1 Å². The highest BCUT2D eigenvalue weighted by Gasteiger charge is 2.47. The second-order valence-electron chi connectivity index (χ2n) is 4.65. The van der Waals surface area contributed by atoms with Crippen LogP contribution in [0.25, 0.3) is 0 Å². The highest BCUT2D eigenvalue weighted by atomic mass is 16.6. The Labute approximate surface area is 78.1 Å². The van der Waals surface area contributed by atoms with Crippen LogP contribution in [-0.4, -0.2) is 40.4 Å². The smallest absolute Gasteiger partial charge is 0.162 e. The molecular weight excluding hydrogens is 172 g/mol. The fourth-order valence-corrected chi connectivity index (χ4v) is 1.64. The fourth-order valence-electron chi connectivity index (χ4n) is 1.64. The van der Waals surface area contributed by atoms with Gasteiger partial charge in [0.25, 0.3) is 0 Å². The SMILES string of the molecule is CC(C)(C)C1O[C@H](O)[C@@H](CO)[C@@H]1O. The molecule has 0 aliphatic carbocycles. The summed E-state index contributed by atoms with van der Waals surface area (Å²) in [6.45, 7) is 5.52. The Kier molecular flexibility index (Phi) is 2.97. The number of ether oxygens (including phenoxy) is 1. The zero-order valence-electron chi connectivity index (χ0n) is 8.27. The average Bonchev–Trinajstić information content (AvgIpc) is 2.25. The fraction of sp³-hybridized carbons (Fsp3) is 1.00. The van der Waals surface area contributed by atoms with Crippen molar-refractivity contribution in [3.8, 4) is 0 Å². The first-order valence-corrected chi connectivity index (χ1v) is 4.50. The first-order valence-electron chi connectivity index (χ1n) is 4.50. The Balaban J connectivity index is 2.73. The Bertz CT molecular complexity index is 175. The zero-order valence-corrected chi connectivity index (χ0v) is 8.27. The van der Waals surface area contributed by atoms with Crippen molar-refractivity contribution in [2.45, 2.75) is 39.3 Å². The molecule has 1 unspecified atom stereocenters. The third-order valence-corrected chi connectivity index (χ3v) is 2.47. The predicted octanol–water partition coefficient (Wildman–Crippen LogP) is -0.281. The van der Waals surface area contributed by atoms with Gasteiger partial charge in [-0.1, -0.05) is 20.8 Å². The summed E-state index contributed by atoms with van der Waals surface area (Å²) in [6.07, 6.45) is -2.26. The highest BCUT2D eigenvalue weighted by Crippen LogP contribution is 2.35. The number of hydrogen-bond donors (Lipinski definition) is 3. The zero-order chi connectivity index (χ0) is 10.2. The monoisotopic (exact) mass is 190 g/mol. The highest BCUT2D eigenvalue weighted by molar-refractivity contribution is 4.91. The number of aliphatic hydroxyl groups excluding tert-OH is 3. The Morgan fingerprint density at radius 1 is 1.23 bits per heavy atom. The van der Waals surface area contributed by atoms with E-state index in [1.54, 1.807) is 0 Å². The number of rotatable bonds is 1. The van der Waals surface area contributed by atoms with Crippen molar-refractivity contribution in [3.05, 3.63) is 0 Å². The van der Waals surface area contributed by atoms with Crippen molar-refractivity contribution >= 4 is 0 Å². The van der Waals surface area contributed by atoms with Gasteiger partial charge in [-0.15, -0.1) is 0 Å². The molecule has 4 atom stereocenters. The van der Waals surface area contributed by atoms with E-state index in [2.05, 4.69) is 0 Å². The van der Waals surface area contributed by atoms with Crippen molar-refractivity contribution in [2.24, 2.45) is 11.3 Å². The molecule has 1 heterocycles. The molecule has 4 heteroatoms. The van der Waals surface area contributed by atoms with Crippen LogP contribution in [-0.2, 0) is 4.74 Å². The minimum atomic E-state index is -1.05. The van der Waals surface area contributed by atoms with Crippen LogP contribution in [0.15, 0.2) is 0 Å².